The van der Waals surface area contributed by atoms with Crippen molar-refractivity contribution in [1.29, 1.82) is 5.26 Å². The molecule has 0 radical (unpaired) electrons. The van der Waals surface area contributed by atoms with Crippen LogP contribution in [0, 0.1) is 11.3 Å². The first-order chi connectivity index (χ1) is 54.5. The minimum Gasteiger partial charge on any atom is -0.310 e. The maximum atomic E-state index is 9.71. The van der Waals surface area contributed by atoms with Gasteiger partial charge in [0.15, 0.2) is 0 Å². The van der Waals surface area contributed by atoms with Crippen LogP contribution >= 0.6 is 0 Å². The van der Waals surface area contributed by atoms with Crippen LogP contribution in [0.3, 0.4) is 0 Å². The Hall–Kier alpha value is -13.5. The highest BCUT2D eigenvalue weighted by atomic mass is 15.2. The van der Waals surface area contributed by atoms with Crippen LogP contribution in [0.1, 0.15) is 105 Å². The summed E-state index contributed by atoms with van der Waals surface area (Å²) in [6.45, 7) is 19.0. The Morgan fingerprint density at radius 3 is 1.35 bits per heavy atom. The Morgan fingerprint density at radius 2 is 0.714 bits per heavy atom. The van der Waals surface area contributed by atoms with Gasteiger partial charge in [-0.3, -0.25) is 0 Å². The maximum absolute atomic E-state index is 9.71. The van der Waals surface area contributed by atoms with E-state index in [4.69, 9.17) is 0 Å². The molecule has 5 nitrogen and oxygen atoms in total. The molecule has 0 N–H and O–H groups in total. The van der Waals surface area contributed by atoms with Crippen LogP contribution in [0.15, 0.2) is 334 Å². The smallest absolute Gasteiger partial charge is 0.0991 e. The SMILES string of the molecule is CC1(C)c2cccc3ccc4cc(N(c5ccc(C#N)cc5)c5ccc6c(c5)C(C)(C)c5c-6ccc6c7ccccc7n(-c7ccccc7)c56)cc1c4c23.CC1(C)c2ccccc2-c2cc3c(cc21)c1cc(N(c2ccc(-c4ccccc4)cc2)c2cc4c5c(ccc6cccc(c65)C4(C)C)c2)ccc1n3-c1ccccc1. The molecule has 0 bridgehead atoms. The number of fused-ring (bicyclic) bond motifs is 13. The molecule has 4 aliphatic carbocycles. The Labute approximate surface area is 652 Å². The van der Waals surface area contributed by atoms with Crippen molar-refractivity contribution < 1.29 is 0 Å². The Morgan fingerprint density at radius 1 is 0.259 bits per heavy atom. The van der Waals surface area contributed by atoms with Gasteiger partial charge in [-0.1, -0.05) is 256 Å². The molecule has 0 saturated heterocycles. The van der Waals surface area contributed by atoms with Crippen LogP contribution in [-0.2, 0) is 21.7 Å². The van der Waals surface area contributed by atoms with E-state index in [0.717, 1.165) is 28.4 Å². The van der Waals surface area contributed by atoms with E-state index in [2.05, 4.69) is 402 Å². The standard InChI is InChI=1S/C56H42N2.C51H37N3/c1-55(2)47-20-12-11-19-43(47)44-34-52-46(33-49(44)55)45-31-41(28-29-51(45)58(52)39-17-9-6-10-18-39)57(40-26-24-36(25-27-40)35-14-7-5-8-15-35)42-30-38-23-22-37-16-13-21-48-53(37)54(38)50(32-42)56(48,3)4;1-50(2)42-15-10-11-32-19-20-33-27-37(29-44(50)47(33)46(32)42)53(35-21-17-31(30-52)18-22-35)36-23-24-38-40-25-26-41-39-14-8-9-16-45(39)54(34-12-6-5-7-13-34)49(41)48(40)51(3,4)43(38)28-36/h5-34H,1-4H3;5-29H,1-4H3. The number of hydrogen-bond donors (Lipinski definition) is 0. The van der Waals surface area contributed by atoms with E-state index in [1.54, 1.807) is 0 Å². The number of benzene rings is 17. The molecule has 532 valence electrons. The molecule has 0 spiro atoms. The van der Waals surface area contributed by atoms with E-state index < -0.39 is 0 Å². The van der Waals surface area contributed by atoms with Gasteiger partial charge >= 0.3 is 0 Å². The molecule has 19 aromatic rings. The molecule has 112 heavy (non-hydrogen) atoms. The van der Waals surface area contributed by atoms with Gasteiger partial charge in [-0.2, -0.15) is 5.26 Å². The molecule has 17 aromatic carbocycles. The first-order valence-corrected chi connectivity index (χ1v) is 39.3. The fourth-order valence-electron chi connectivity index (χ4n) is 20.6. The normalized spacial score (nSPS) is 14.5. The molecule has 2 heterocycles. The Balaban J connectivity index is 0.000000138. The highest BCUT2D eigenvalue weighted by Crippen LogP contribution is 2.58. The third-order valence-electron chi connectivity index (χ3n) is 26.0. The van der Waals surface area contributed by atoms with Gasteiger partial charge in [-0.05, 0) is 254 Å². The number of nitrogens with zero attached hydrogens (tertiary/aromatic N) is 5. The number of para-hydroxylation sites is 3. The topological polar surface area (TPSA) is 40.1 Å². The zero-order valence-corrected chi connectivity index (χ0v) is 64.0. The van der Waals surface area contributed by atoms with Gasteiger partial charge in [0.2, 0.25) is 0 Å². The fourth-order valence-corrected chi connectivity index (χ4v) is 20.6. The van der Waals surface area contributed by atoms with Crippen molar-refractivity contribution in [2.45, 2.75) is 77.0 Å². The van der Waals surface area contributed by atoms with Crippen LogP contribution in [0.25, 0.3) is 131 Å². The van der Waals surface area contributed by atoms with Gasteiger partial charge in [0, 0.05) is 88.7 Å². The summed E-state index contributed by atoms with van der Waals surface area (Å²) in [6, 6.07) is 126. The van der Waals surface area contributed by atoms with Gasteiger partial charge in [-0.25, -0.2) is 0 Å². The third-order valence-corrected chi connectivity index (χ3v) is 26.0. The summed E-state index contributed by atoms with van der Waals surface area (Å²) in [6.07, 6.45) is 0. The average Bonchev–Trinajstić information content (AvgIpc) is 1.52. The number of aromatic nitrogens is 2. The molecule has 5 heteroatoms. The maximum Gasteiger partial charge on any atom is 0.0991 e. The van der Waals surface area contributed by atoms with E-state index in [9.17, 15) is 5.26 Å². The van der Waals surface area contributed by atoms with Gasteiger partial charge in [0.1, 0.15) is 0 Å². The summed E-state index contributed by atoms with van der Waals surface area (Å²) in [5.41, 5.74) is 32.6. The lowest BCUT2D eigenvalue weighted by atomic mass is 9.81. The fraction of sp³-hybridized carbons (Fsp3) is 0.112. The molecule has 4 aliphatic rings. The molecule has 0 saturated carbocycles. The zero-order valence-electron chi connectivity index (χ0n) is 64.0. The first-order valence-electron chi connectivity index (χ1n) is 39.3. The van der Waals surface area contributed by atoms with Crippen LogP contribution in [0.2, 0.25) is 0 Å². The summed E-state index contributed by atoms with van der Waals surface area (Å²) in [7, 11) is 0. The summed E-state index contributed by atoms with van der Waals surface area (Å²) in [4.78, 5) is 4.86. The second kappa shape index (κ2) is 23.7. The molecule has 2 aromatic heterocycles. The number of rotatable bonds is 9. The van der Waals surface area contributed by atoms with Crippen LogP contribution in [0.4, 0.5) is 34.1 Å². The van der Waals surface area contributed by atoms with E-state index in [1.807, 2.05) is 12.1 Å². The lowest BCUT2D eigenvalue weighted by Gasteiger charge is -2.30. The number of nitriles is 1. The second-order valence-corrected chi connectivity index (χ2v) is 33.5. The van der Waals surface area contributed by atoms with E-state index in [0.29, 0.717) is 5.56 Å². The molecule has 0 atom stereocenters. The van der Waals surface area contributed by atoms with Gasteiger partial charge in [-0.15, -0.1) is 0 Å². The van der Waals surface area contributed by atoms with Crippen LogP contribution in [-0.4, -0.2) is 9.13 Å². The molecule has 23 rings (SSSR count). The number of anilines is 6. The highest BCUT2D eigenvalue weighted by molar-refractivity contribution is 6.19. The number of hydrogen-bond acceptors (Lipinski definition) is 3. The van der Waals surface area contributed by atoms with E-state index >= 15 is 0 Å². The van der Waals surface area contributed by atoms with E-state index in [-0.39, 0.29) is 21.7 Å². The van der Waals surface area contributed by atoms with Crippen LogP contribution < -0.4 is 9.80 Å². The largest absolute Gasteiger partial charge is 0.310 e. The molecule has 0 amide bonds. The zero-order chi connectivity index (χ0) is 75.4. The van der Waals surface area contributed by atoms with Gasteiger partial charge < -0.3 is 18.9 Å². The summed E-state index contributed by atoms with van der Waals surface area (Å²) < 4.78 is 4.93. The summed E-state index contributed by atoms with van der Waals surface area (Å²) >= 11 is 0. The van der Waals surface area contributed by atoms with Crippen molar-refractivity contribution in [3.05, 3.63) is 384 Å². The lowest BCUT2D eigenvalue weighted by Crippen LogP contribution is -2.18. The van der Waals surface area contributed by atoms with E-state index in [1.165, 1.54) is 182 Å². The summed E-state index contributed by atoms with van der Waals surface area (Å²) in [5.74, 6) is 0. The lowest BCUT2D eigenvalue weighted by molar-refractivity contribution is 0.661. The van der Waals surface area contributed by atoms with Crippen molar-refractivity contribution >= 4 is 121 Å². The molecular formula is C107H79N5. The predicted molar refractivity (Wildman–Crippen MR) is 470 cm³/mol. The molecule has 0 aliphatic heterocycles. The monoisotopic (exact) mass is 1430 g/mol. The second-order valence-electron chi connectivity index (χ2n) is 33.5. The van der Waals surface area contributed by atoms with Crippen molar-refractivity contribution in [3.63, 3.8) is 0 Å². The Bertz CT molecular complexity index is 7290. The van der Waals surface area contributed by atoms with Crippen molar-refractivity contribution in [2.75, 3.05) is 9.80 Å². The van der Waals surface area contributed by atoms with Gasteiger partial charge in [0.05, 0.1) is 33.7 Å². The minimum absolute atomic E-state index is 0.102. The average molecular weight is 1430 g/mol. The first kappa shape index (κ1) is 65.5. The highest BCUT2D eigenvalue weighted by Gasteiger charge is 2.42. The molecular weight excluding hydrogens is 1360 g/mol. The van der Waals surface area contributed by atoms with Crippen molar-refractivity contribution in [3.8, 4) is 50.8 Å². The van der Waals surface area contributed by atoms with Crippen LogP contribution in [0.5, 0.6) is 0 Å². The Kier molecular flexibility index (Phi) is 13.9. The molecule has 0 fully saturated rings. The van der Waals surface area contributed by atoms with Gasteiger partial charge in [0.25, 0.3) is 0 Å². The van der Waals surface area contributed by atoms with Crippen molar-refractivity contribution in [2.24, 2.45) is 0 Å². The minimum atomic E-state index is -0.288. The quantitative estimate of drug-likeness (QED) is 0.135. The predicted octanol–water partition coefficient (Wildman–Crippen LogP) is 28.5. The van der Waals surface area contributed by atoms with Crippen molar-refractivity contribution in [1.82, 2.24) is 9.13 Å². The summed E-state index contributed by atoms with van der Waals surface area (Å²) in [5, 5.41) is 25.4. The molecule has 0 unspecified atom stereocenters. The third kappa shape index (κ3) is 9.30.